The first-order valence-electron chi connectivity index (χ1n) is 12.9. The minimum absolute atomic E-state index is 0.0457. The zero-order chi connectivity index (χ0) is 28.4. The van der Waals surface area contributed by atoms with E-state index in [-0.39, 0.29) is 28.4 Å². The van der Waals surface area contributed by atoms with E-state index in [1.807, 2.05) is 12.1 Å². The van der Waals surface area contributed by atoms with E-state index in [1.165, 1.54) is 35.3 Å². The van der Waals surface area contributed by atoms with Crippen molar-refractivity contribution in [1.29, 1.82) is 0 Å². The molecule has 1 atom stereocenters. The fourth-order valence-corrected chi connectivity index (χ4v) is 6.74. The number of carbonyl (C=O) groups excluding carboxylic acids is 2. The van der Waals surface area contributed by atoms with E-state index in [0.29, 0.717) is 29.1 Å². The average Bonchev–Trinajstić information content (AvgIpc) is 3.69. The molecule has 3 aromatic carbocycles. The SMILES string of the molecule is CC(=O)Oc1cc2c(s1)CCN(C(C(=O)C1CC1)c1ccccc1F)C2.O=S(=O)(O)c1cccc2ccccc12. The van der Waals surface area contributed by atoms with Gasteiger partial charge in [-0.1, -0.05) is 54.6 Å². The summed E-state index contributed by atoms with van der Waals surface area (Å²) in [5, 5.41) is 1.92. The van der Waals surface area contributed by atoms with E-state index in [2.05, 4.69) is 4.90 Å². The van der Waals surface area contributed by atoms with Gasteiger partial charge in [-0.25, -0.2) is 4.39 Å². The Morgan fingerprint density at radius 3 is 2.45 bits per heavy atom. The lowest BCUT2D eigenvalue weighted by Gasteiger charge is -2.34. The molecule has 40 heavy (non-hydrogen) atoms. The zero-order valence-electron chi connectivity index (χ0n) is 21.7. The third-order valence-corrected chi connectivity index (χ3v) is 8.99. The lowest BCUT2D eigenvalue weighted by molar-refractivity contribution is -0.131. The van der Waals surface area contributed by atoms with E-state index in [1.54, 1.807) is 48.5 Å². The number of fused-ring (bicyclic) bond motifs is 2. The molecule has 0 amide bonds. The number of nitrogens with zero attached hydrogens (tertiary/aromatic N) is 1. The first kappa shape index (κ1) is 28.1. The predicted octanol–water partition coefficient (Wildman–Crippen LogP) is 5.98. The van der Waals surface area contributed by atoms with Crippen molar-refractivity contribution in [3.05, 3.63) is 94.6 Å². The van der Waals surface area contributed by atoms with Crippen LogP contribution < -0.4 is 4.74 Å². The average molecular weight is 582 g/mol. The van der Waals surface area contributed by atoms with Crippen LogP contribution in [0.5, 0.6) is 5.06 Å². The van der Waals surface area contributed by atoms with Crippen LogP contribution in [0.4, 0.5) is 4.39 Å². The summed E-state index contributed by atoms with van der Waals surface area (Å²) in [5.41, 5.74) is 1.52. The van der Waals surface area contributed by atoms with Crippen LogP contribution in [-0.2, 0) is 32.7 Å². The maximum Gasteiger partial charge on any atom is 0.308 e. The van der Waals surface area contributed by atoms with Crippen molar-refractivity contribution in [3.8, 4) is 5.06 Å². The molecule has 7 nitrogen and oxygen atoms in total. The van der Waals surface area contributed by atoms with Gasteiger partial charge in [0, 0.05) is 41.8 Å². The summed E-state index contributed by atoms with van der Waals surface area (Å²) in [4.78, 5) is 27.3. The molecule has 1 N–H and O–H groups in total. The van der Waals surface area contributed by atoms with Gasteiger partial charge in [-0.2, -0.15) is 8.42 Å². The lowest BCUT2D eigenvalue weighted by atomic mass is 9.95. The van der Waals surface area contributed by atoms with Crippen LogP contribution in [0.1, 0.15) is 41.8 Å². The van der Waals surface area contributed by atoms with Gasteiger partial charge in [0.25, 0.3) is 10.1 Å². The summed E-state index contributed by atoms with van der Waals surface area (Å²) in [6.07, 6.45) is 2.57. The molecule has 208 valence electrons. The number of hydrogen-bond donors (Lipinski definition) is 1. The fraction of sp³-hybridized carbons (Fsp3) is 0.267. The van der Waals surface area contributed by atoms with E-state index >= 15 is 0 Å². The van der Waals surface area contributed by atoms with Crippen LogP contribution in [-0.4, -0.2) is 36.2 Å². The summed E-state index contributed by atoms with van der Waals surface area (Å²) in [5.74, 6) is -0.495. The number of esters is 1. The Balaban J connectivity index is 0.000000194. The van der Waals surface area contributed by atoms with Crippen molar-refractivity contribution in [2.75, 3.05) is 6.54 Å². The fourth-order valence-electron chi connectivity index (χ4n) is 4.98. The van der Waals surface area contributed by atoms with E-state index in [9.17, 15) is 22.4 Å². The van der Waals surface area contributed by atoms with Gasteiger partial charge in [0.1, 0.15) is 10.7 Å². The lowest BCUT2D eigenvalue weighted by Crippen LogP contribution is -2.38. The number of Topliss-reactive ketones (excluding diaryl/α,β-unsaturated/α-hetero) is 1. The summed E-state index contributed by atoms with van der Waals surface area (Å²) in [7, 11) is -4.13. The van der Waals surface area contributed by atoms with Crippen molar-refractivity contribution in [3.63, 3.8) is 0 Å². The maximum absolute atomic E-state index is 14.4. The van der Waals surface area contributed by atoms with Crippen molar-refractivity contribution in [2.45, 2.75) is 43.7 Å². The Morgan fingerprint density at radius 2 is 1.75 bits per heavy atom. The molecule has 1 fully saturated rings. The smallest absolute Gasteiger partial charge is 0.308 e. The second-order valence-corrected chi connectivity index (χ2v) is 12.4. The van der Waals surface area contributed by atoms with Crippen molar-refractivity contribution in [2.24, 2.45) is 5.92 Å². The van der Waals surface area contributed by atoms with E-state index < -0.39 is 16.2 Å². The van der Waals surface area contributed by atoms with Gasteiger partial charge in [-0.15, -0.1) is 11.3 Å². The number of rotatable bonds is 6. The van der Waals surface area contributed by atoms with Crippen LogP contribution >= 0.6 is 11.3 Å². The third kappa shape index (κ3) is 6.31. The van der Waals surface area contributed by atoms with E-state index in [0.717, 1.165) is 30.2 Å². The number of ketones is 1. The molecule has 2 heterocycles. The highest BCUT2D eigenvalue weighted by atomic mass is 32.2. The molecule has 1 aromatic heterocycles. The number of benzene rings is 3. The number of thiophene rings is 1. The van der Waals surface area contributed by atoms with Gasteiger partial charge in [0.15, 0.2) is 10.8 Å². The molecule has 0 radical (unpaired) electrons. The third-order valence-electron chi connectivity index (χ3n) is 6.96. The number of hydrogen-bond acceptors (Lipinski definition) is 7. The van der Waals surface area contributed by atoms with Crippen molar-refractivity contribution < 1.29 is 31.7 Å². The molecule has 0 saturated heterocycles. The molecule has 1 saturated carbocycles. The molecule has 4 aromatic rings. The Labute approximate surface area is 236 Å². The second-order valence-electron chi connectivity index (χ2n) is 9.88. The highest BCUT2D eigenvalue weighted by Crippen LogP contribution is 2.41. The van der Waals surface area contributed by atoms with Crippen molar-refractivity contribution in [1.82, 2.24) is 4.90 Å². The molecule has 1 aliphatic carbocycles. The number of ether oxygens (including phenoxy) is 1. The summed E-state index contributed by atoms with van der Waals surface area (Å²) >= 11 is 1.47. The van der Waals surface area contributed by atoms with Crippen LogP contribution in [0, 0.1) is 11.7 Å². The summed E-state index contributed by atoms with van der Waals surface area (Å²) < 4.78 is 50.6. The monoisotopic (exact) mass is 581 g/mol. The van der Waals surface area contributed by atoms with Crippen LogP contribution in [0.2, 0.25) is 0 Å². The first-order chi connectivity index (χ1) is 19.1. The topological polar surface area (TPSA) is 101 Å². The highest BCUT2D eigenvalue weighted by Gasteiger charge is 2.40. The Kier molecular flexibility index (Phi) is 8.14. The molecule has 0 bridgehead atoms. The van der Waals surface area contributed by atoms with Crippen LogP contribution in [0.3, 0.4) is 0 Å². The Morgan fingerprint density at radius 1 is 1.05 bits per heavy atom. The van der Waals surface area contributed by atoms with Gasteiger partial charge in [-0.05, 0) is 48.4 Å². The van der Waals surface area contributed by atoms with Gasteiger partial charge < -0.3 is 4.74 Å². The molecule has 1 aliphatic heterocycles. The number of halogens is 1. The molecule has 10 heteroatoms. The largest absolute Gasteiger partial charge is 0.416 e. The summed E-state index contributed by atoms with van der Waals surface area (Å²) in [6, 6.07) is 19.7. The minimum Gasteiger partial charge on any atom is -0.416 e. The molecule has 0 spiro atoms. The maximum atomic E-state index is 14.4. The van der Waals surface area contributed by atoms with Crippen LogP contribution in [0.25, 0.3) is 10.8 Å². The number of carbonyl (C=O) groups is 2. The molecular weight excluding hydrogens is 553 g/mol. The predicted molar refractivity (Wildman–Crippen MR) is 150 cm³/mol. The molecule has 6 rings (SSSR count). The van der Waals surface area contributed by atoms with Gasteiger partial charge in [-0.3, -0.25) is 19.0 Å². The van der Waals surface area contributed by atoms with E-state index in [4.69, 9.17) is 9.29 Å². The second kappa shape index (κ2) is 11.6. The Bertz CT molecular complexity index is 1670. The van der Waals surface area contributed by atoms with Crippen molar-refractivity contribution >= 4 is 44.0 Å². The quantitative estimate of drug-likeness (QED) is 0.221. The summed E-state index contributed by atoms with van der Waals surface area (Å²) in [6.45, 7) is 2.63. The van der Waals surface area contributed by atoms with Crippen LogP contribution in [0.15, 0.2) is 77.7 Å². The standard InChI is InChI=1S/C20H20FNO3S.C10H8O3S/c1-12(23)25-18-10-14-11-22(9-8-17(14)26-18)19(20(24)13-6-7-13)15-4-2-3-5-16(15)21;11-14(12,13)10-7-3-5-8-4-1-2-6-9(8)10/h2-5,10,13,19H,6-9,11H2,1H3;1-7H,(H,11,12,13). The molecular formula is C30H28FNO6S2. The normalized spacial score (nSPS) is 16.0. The Hall–Kier alpha value is -3.44. The minimum atomic E-state index is -4.13. The zero-order valence-corrected chi connectivity index (χ0v) is 23.4. The molecule has 2 aliphatic rings. The molecule has 1 unspecified atom stereocenters. The highest BCUT2D eigenvalue weighted by molar-refractivity contribution is 7.86. The van der Waals surface area contributed by atoms with Gasteiger partial charge in [0.05, 0.1) is 6.04 Å². The van der Waals surface area contributed by atoms with Gasteiger partial charge in [0.2, 0.25) is 0 Å². The first-order valence-corrected chi connectivity index (χ1v) is 15.1. The van der Waals surface area contributed by atoms with Gasteiger partial charge >= 0.3 is 5.97 Å².